The van der Waals surface area contributed by atoms with E-state index in [1.165, 1.54) is 33.6 Å². The number of hydrogen-bond donors (Lipinski definition) is 2. The van der Waals surface area contributed by atoms with Crippen molar-refractivity contribution in [2.24, 2.45) is 0 Å². The first-order chi connectivity index (χ1) is 14.2. The van der Waals surface area contributed by atoms with Crippen LogP contribution in [-0.2, 0) is 0 Å². The lowest BCUT2D eigenvalue weighted by Crippen LogP contribution is -3.00. The molecule has 2 aromatic carbocycles. The summed E-state index contributed by atoms with van der Waals surface area (Å²) in [7, 11) is 0. The zero-order valence-electron chi connectivity index (χ0n) is 20.1. The van der Waals surface area contributed by atoms with Crippen molar-refractivity contribution in [3.63, 3.8) is 0 Å². The Hall–Kier alpha value is -2.33. The number of nitrogens with zero attached hydrogens (tertiary/aromatic N) is 2. The number of halogens is 1. The van der Waals surface area contributed by atoms with Gasteiger partial charge in [0, 0.05) is 0 Å². The highest BCUT2D eigenvalue weighted by Crippen LogP contribution is 2.34. The number of nitrogens with one attached hydrogen (secondary N) is 2. The molecule has 0 saturated heterocycles. The first-order valence-corrected chi connectivity index (χ1v) is 11.2. The van der Waals surface area contributed by atoms with Gasteiger partial charge >= 0.3 is 5.95 Å². The third kappa shape index (κ3) is 5.12. The summed E-state index contributed by atoms with van der Waals surface area (Å²) in [5.74, 6) is 2.58. The highest BCUT2D eigenvalue weighted by molar-refractivity contribution is 5.64. The van der Waals surface area contributed by atoms with E-state index in [9.17, 15) is 0 Å². The molecule has 0 amide bonds. The van der Waals surface area contributed by atoms with Gasteiger partial charge in [-0.25, -0.2) is 0 Å². The number of benzene rings is 2. The molecule has 2 N–H and O–H groups in total. The highest BCUT2D eigenvalue weighted by Gasteiger charge is 2.24. The molecule has 3 aromatic rings. The van der Waals surface area contributed by atoms with Crippen molar-refractivity contribution in [3.8, 4) is 5.69 Å². The van der Waals surface area contributed by atoms with Crippen LogP contribution in [0, 0.1) is 0 Å². The van der Waals surface area contributed by atoms with E-state index in [2.05, 4.69) is 112 Å². The number of H-pyrrole nitrogens is 1. The standard InChI is InChI=1S/C26H36N4.ClH/c1-16(2)20-11-9-12-21(17(3)4)24(20)28-26-29-27-15-30(26)25-22(18(5)6)13-10-14-23(25)19(7)8;/h9-19H,1-8H3,(H,28,29);1H. The van der Waals surface area contributed by atoms with Gasteiger partial charge in [0.2, 0.25) is 6.33 Å². The SMILES string of the molecule is CC(C)c1cccc(C(C)C)c1Nc1[nH]nc[n+]1-c1c(C(C)C)cccc1C(C)C.[Cl-]. The van der Waals surface area contributed by atoms with Crippen LogP contribution in [0.5, 0.6) is 0 Å². The van der Waals surface area contributed by atoms with Crippen molar-refractivity contribution in [2.75, 3.05) is 5.32 Å². The lowest BCUT2D eigenvalue weighted by Gasteiger charge is -2.20. The molecule has 0 fully saturated rings. The fourth-order valence-electron chi connectivity index (χ4n) is 4.12. The molecule has 0 aliphatic heterocycles. The van der Waals surface area contributed by atoms with E-state index in [1.54, 1.807) is 0 Å². The van der Waals surface area contributed by atoms with E-state index in [-0.39, 0.29) is 12.4 Å². The molecule has 1 heterocycles. The van der Waals surface area contributed by atoms with Gasteiger partial charge < -0.3 is 12.4 Å². The van der Waals surface area contributed by atoms with Crippen LogP contribution < -0.4 is 22.3 Å². The lowest BCUT2D eigenvalue weighted by molar-refractivity contribution is -0.581. The Bertz CT molecular complexity index is 950. The van der Waals surface area contributed by atoms with E-state index >= 15 is 0 Å². The zero-order valence-corrected chi connectivity index (χ0v) is 20.9. The van der Waals surface area contributed by atoms with Gasteiger partial charge in [-0.15, -0.1) is 5.10 Å². The van der Waals surface area contributed by atoms with E-state index < -0.39 is 0 Å². The molecule has 0 unspecified atom stereocenters. The van der Waals surface area contributed by atoms with Gasteiger partial charge in [0.1, 0.15) is 5.69 Å². The zero-order chi connectivity index (χ0) is 22.0. The number of aromatic amines is 1. The van der Waals surface area contributed by atoms with Crippen molar-refractivity contribution in [2.45, 2.75) is 79.1 Å². The van der Waals surface area contributed by atoms with Crippen LogP contribution in [0.1, 0.15) is 101 Å². The predicted octanol–water partition coefficient (Wildman–Crippen LogP) is 3.93. The first kappa shape index (κ1) is 24.9. The molecule has 3 rings (SSSR count). The molecule has 0 aliphatic carbocycles. The fourth-order valence-corrected chi connectivity index (χ4v) is 4.12. The minimum atomic E-state index is 0. The van der Waals surface area contributed by atoms with Crippen LogP contribution in [-0.4, -0.2) is 10.2 Å². The molecule has 168 valence electrons. The number of para-hydroxylation sites is 2. The van der Waals surface area contributed by atoms with Gasteiger partial charge in [0.25, 0.3) is 0 Å². The minimum Gasteiger partial charge on any atom is -1.00 e. The summed E-state index contributed by atoms with van der Waals surface area (Å²) in [5, 5.41) is 11.4. The molecule has 1 aromatic heterocycles. The maximum atomic E-state index is 4.42. The summed E-state index contributed by atoms with van der Waals surface area (Å²) < 4.78 is 2.19. The maximum Gasteiger partial charge on any atom is 0.351 e. The molecule has 0 saturated carbocycles. The molecule has 0 bridgehead atoms. The average molecular weight is 441 g/mol. The Morgan fingerprint density at radius 1 is 0.710 bits per heavy atom. The second kappa shape index (κ2) is 10.3. The van der Waals surface area contributed by atoms with Crippen molar-refractivity contribution >= 4 is 11.6 Å². The summed E-state index contributed by atoms with van der Waals surface area (Å²) in [6.07, 6.45) is 1.89. The minimum absolute atomic E-state index is 0. The largest absolute Gasteiger partial charge is 1.00 e. The Morgan fingerprint density at radius 2 is 1.13 bits per heavy atom. The second-order valence-electron chi connectivity index (χ2n) is 9.42. The molecule has 4 nitrogen and oxygen atoms in total. The van der Waals surface area contributed by atoms with Gasteiger partial charge in [-0.2, -0.15) is 4.57 Å². The van der Waals surface area contributed by atoms with E-state index in [0.717, 1.165) is 5.95 Å². The van der Waals surface area contributed by atoms with Gasteiger partial charge in [-0.3, -0.25) is 5.32 Å². The number of rotatable bonds is 7. The normalized spacial score (nSPS) is 11.5. The van der Waals surface area contributed by atoms with Crippen LogP contribution in [0.3, 0.4) is 0 Å². The Labute approximate surface area is 193 Å². The number of hydrogen-bond acceptors (Lipinski definition) is 2. The van der Waals surface area contributed by atoms with Crippen LogP contribution in [0.2, 0.25) is 0 Å². The first-order valence-electron chi connectivity index (χ1n) is 11.2. The van der Waals surface area contributed by atoms with Crippen LogP contribution >= 0.6 is 0 Å². The summed E-state index contributed by atoms with van der Waals surface area (Å²) >= 11 is 0. The summed E-state index contributed by atoms with van der Waals surface area (Å²) in [4.78, 5) is 0. The fraction of sp³-hybridized carbons (Fsp3) is 0.462. The monoisotopic (exact) mass is 440 g/mol. The molecule has 31 heavy (non-hydrogen) atoms. The van der Waals surface area contributed by atoms with E-state index in [4.69, 9.17) is 0 Å². The molecular weight excluding hydrogens is 404 g/mol. The number of anilines is 2. The van der Waals surface area contributed by atoms with Crippen LogP contribution in [0.25, 0.3) is 5.69 Å². The lowest BCUT2D eigenvalue weighted by atomic mass is 9.92. The third-order valence-electron chi connectivity index (χ3n) is 5.78. The molecule has 0 spiro atoms. The Kier molecular flexibility index (Phi) is 8.30. The molecule has 0 aliphatic rings. The third-order valence-corrected chi connectivity index (χ3v) is 5.78. The summed E-state index contributed by atoms with van der Waals surface area (Å²) in [6.45, 7) is 18.0. The molecule has 0 atom stereocenters. The quantitative estimate of drug-likeness (QED) is 0.547. The van der Waals surface area contributed by atoms with Crippen molar-refractivity contribution in [3.05, 3.63) is 65.0 Å². The van der Waals surface area contributed by atoms with Crippen molar-refractivity contribution in [1.29, 1.82) is 0 Å². The Morgan fingerprint density at radius 3 is 1.55 bits per heavy atom. The second-order valence-corrected chi connectivity index (χ2v) is 9.42. The van der Waals surface area contributed by atoms with Crippen molar-refractivity contribution < 1.29 is 17.0 Å². The van der Waals surface area contributed by atoms with Gasteiger partial charge in [-0.05, 0) is 51.0 Å². The summed E-state index contributed by atoms with van der Waals surface area (Å²) in [5.41, 5.74) is 7.72. The highest BCUT2D eigenvalue weighted by atomic mass is 35.5. The van der Waals surface area contributed by atoms with E-state index in [0.29, 0.717) is 23.7 Å². The number of aromatic nitrogens is 3. The van der Waals surface area contributed by atoms with Crippen molar-refractivity contribution in [1.82, 2.24) is 10.2 Å². The predicted molar refractivity (Wildman–Crippen MR) is 126 cm³/mol. The molecule has 0 radical (unpaired) electrons. The molecular formula is C26H37ClN4. The van der Waals surface area contributed by atoms with Gasteiger partial charge in [0.15, 0.2) is 0 Å². The van der Waals surface area contributed by atoms with E-state index in [1.807, 2.05) is 6.33 Å². The van der Waals surface area contributed by atoms with Gasteiger partial charge in [0.05, 0.1) is 5.69 Å². The summed E-state index contributed by atoms with van der Waals surface area (Å²) in [6, 6.07) is 13.3. The average Bonchev–Trinajstić information content (AvgIpc) is 3.14. The van der Waals surface area contributed by atoms with Gasteiger partial charge in [-0.1, -0.05) is 91.8 Å². The van der Waals surface area contributed by atoms with Crippen LogP contribution in [0.15, 0.2) is 42.7 Å². The molecule has 5 heteroatoms. The smallest absolute Gasteiger partial charge is 0.351 e. The topological polar surface area (TPSA) is 44.6 Å². The maximum absolute atomic E-state index is 4.42. The van der Waals surface area contributed by atoms with Crippen LogP contribution in [0.4, 0.5) is 11.6 Å². The Balaban J connectivity index is 0.00000341.